The average molecular weight is 260 g/mol. The first kappa shape index (κ1) is 13.7. The van der Waals surface area contributed by atoms with Crippen molar-refractivity contribution >= 4 is 0 Å². The van der Waals surface area contributed by atoms with E-state index in [0.717, 1.165) is 12.0 Å². The lowest BCUT2D eigenvalue weighted by atomic mass is 9.97. The summed E-state index contributed by atoms with van der Waals surface area (Å²) >= 11 is 0. The summed E-state index contributed by atoms with van der Waals surface area (Å²) in [7, 11) is 0. The lowest BCUT2D eigenvalue weighted by Gasteiger charge is -2.15. The predicted octanol–water partition coefficient (Wildman–Crippen LogP) is 3.42. The number of aliphatic hydroxyl groups is 1. The van der Waals surface area contributed by atoms with E-state index in [2.05, 4.69) is 24.0 Å². The number of hydrogen-bond donors (Lipinski definition) is 1. The minimum absolute atomic E-state index is 0.215. The van der Waals surface area contributed by atoms with E-state index in [4.69, 9.17) is 4.52 Å². The van der Waals surface area contributed by atoms with Crippen molar-refractivity contribution in [2.75, 3.05) is 0 Å². The Labute approximate surface area is 113 Å². The van der Waals surface area contributed by atoms with Crippen LogP contribution >= 0.6 is 0 Å². The van der Waals surface area contributed by atoms with Crippen molar-refractivity contribution in [1.82, 2.24) is 10.1 Å². The van der Waals surface area contributed by atoms with Gasteiger partial charge in [0.1, 0.15) is 0 Å². The van der Waals surface area contributed by atoms with Gasteiger partial charge < -0.3 is 9.63 Å². The van der Waals surface area contributed by atoms with Crippen LogP contribution in [0.2, 0.25) is 0 Å². The molecule has 102 valence electrons. The molecule has 0 aliphatic carbocycles. The molecule has 1 aromatic carbocycles. The monoisotopic (exact) mass is 260 g/mol. The third-order valence-electron chi connectivity index (χ3n) is 3.51. The highest BCUT2D eigenvalue weighted by molar-refractivity contribution is 5.20. The summed E-state index contributed by atoms with van der Waals surface area (Å²) in [5.41, 5.74) is 0.860. The molecule has 0 bridgehead atoms. The molecular formula is C15H20N2O2. The molecule has 0 radical (unpaired) electrons. The van der Waals surface area contributed by atoms with E-state index < -0.39 is 6.10 Å². The van der Waals surface area contributed by atoms with E-state index in [1.54, 1.807) is 0 Å². The minimum atomic E-state index is -0.633. The second-order valence-electron chi connectivity index (χ2n) is 4.94. The highest BCUT2D eigenvalue weighted by Crippen LogP contribution is 2.30. The topological polar surface area (TPSA) is 59.2 Å². The molecule has 3 atom stereocenters. The van der Waals surface area contributed by atoms with Gasteiger partial charge in [0.05, 0.1) is 12.0 Å². The molecule has 0 saturated carbocycles. The van der Waals surface area contributed by atoms with Crippen molar-refractivity contribution in [2.24, 2.45) is 0 Å². The lowest BCUT2D eigenvalue weighted by molar-refractivity contribution is 0.135. The molecule has 4 nitrogen and oxygen atoms in total. The van der Waals surface area contributed by atoms with Gasteiger partial charge in [0, 0.05) is 5.92 Å². The Morgan fingerprint density at radius 1 is 1.21 bits per heavy atom. The van der Waals surface area contributed by atoms with Crippen LogP contribution in [0.1, 0.15) is 62.4 Å². The molecule has 1 N–H and O–H groups in total. The van der Waals surface area contributed by atoms with Crippen molar-refractivity contribution in [3.8, 4) is 0 Å². The third kappa shape index (κ3) is 3.01. The second kappa shape index (κ2) is 5.97. The maximum Gasteiger partial charge on any atom is 0.232 e. The standard InChI is InChI=1S/C15H20N2O2/c1-4-10(2)14-16-15(19-17-14)11(3)13(18)12-8-6-5-7-9-12/h5-11,13,18H,4H2,1-3H3. The normalized spacial score (nSPS) is 16.0. The van der Waals surface area contributed by atoms with Crippen LogP contribution in [0.5, 0.6) is 0 Å². The Hall–Kier alpha value is -1.68. The lowest BCUT2D eigenvalue weighted by Crippen LogP contribution is -2.08. The molecule has 1 aromatic heterocycles. The largest absolute Gasteiger partial charge is 0.388 e. The van der Waals surface area contributed by atoms with Gasteiger partial charge in [-0.05, 0) is 12.0 Å². The Morgan fingerprint density at radius 2 is 1.89 bits per heavy atom. The van der Waals surface area contributed by atoms with E-state index in [-0.39, 0.29) is 11.8 Å². The average Bonchev–Trinajstić information content (AvgIpc) is 2.95. The van der Waals surface area contributed by atoms with Crippen molar-refractivity contribution in [3.05, 3.63) is 47.6 Å². The van der Waals surface area contributed by atoms with Crippen molar-refractivity contribution in [1.29, 1.82) is 0 Å². The van der Waals surface area contributed by atoms with Crippen LogP contribution in [0.25, 0.3) is 0 Å². The van der Waals surface area contributed by atoms with Crippen LogP contribution < -0.4 is 0 Å². The molecule has 2 aromatic rings. The molecule has 0 saturated heterocycles. The highest BCUT2D eigenvalue weighted by Gasteiger charge is 2.24. The van der Waals surface area contributed by atoms with E-state index in [1.165, 1.54) is 0 Å². The van der Waals surface area contributed by atoms with E-state index in [1.807, 2.05) is 37.3 Å². The van der Waals surface area contributed by atoms with Crippen molar-refractivity contribution < 1.29 is 9.63 Å². The van der Waals surface area contributed by atoms with Gasteiger partial charge >= 0.3 is 0 Å². The first-order valence-electron chi connectivity index (χ1n) is 6.70. The van der Waals surface area contributed by atoms with E-state index >= 15 is 0 Å². The molecule has 1 heterocycles. The van der Waals surface area contributed by atoms with Gasteiger partial charge in [-0.15, -0.1) is 0 Å². The molecule has 0 amide bonds. The van der Waals surface area contributed by atoms with E-state index in [0.29, 0.717) is 11.7 Å². The van der Waals surface area contributed by atoms with Crippen LogP contribution in [0.4, 0.5) is 0 Å². The minimum Gasteiger partial charge on any atom is -0.388 e. The van der Waals surface area contributed by atoms with Crippen LogP contribution in [0.3, 0.4) is 0 Å². The zero-order valence-corrected chi connectivity index (χ0v) is 11.6. The number of benzene rings is 1. The fourth-order valence-corrected chi connectivity index (χ4v) is 1.89. The summed E-state index contributed by atoms with van der Waals surface area (Å²) in [6.45, 7) is 6.04. The summed E-state index contributed by atoms with van der Waals surface area (Å²) in [5, 5.41) is 14.3. The first-order valence-corrected chi connectivity index (χ1v) is 6.70. The maximum atomic E-state index is 10.3. The molecule has 4 heteroatoms. The molecule has 0 fully saturated rings. The Bertz CT molecular complexity index is 510. The number of nitrogens with zero attached hydrogens (tertiary/aromatic N) is 2. The summed E-state index contributed by atoms with van der Waals surface area (Å²) in [4.78, 5) is 4.39. The quantitative estimate of drug-likeness (QED) is 0.894. The van der Waals surface area contributed by atoms with Crippen molar-refractivity contribution in [3.63, 3.8) is 0 Å². The van der Waals surface area contributed by atoms with E-state index in [9.17, 15) is 5.11 Å². The van der Waals surface area contributed by atoms with Crippen LogP contribution in [-0.2, 0) is 0 Å². The summed E-state index contributed by atoms with van der Waals surface area (Å²) in [6, 6.07) is 9.53. The zero-order chi connectivity index (χ0) is 13.8. The molecule has 0 spiro atoms. The van der Waals surface area contributed by atoms with Crippen LogP contribution in [-0.4, -0.2) is 15.2 Å². The van der Waals surface area contributed by atoms with Gasteiger partial charge in [-0.25, -0.2) is 0 Å². The third-order valence-corrected chi connectivity index (χ3v) is 3.51. The molecule has 2 rings (SSSR count). The fourth-order valence-electron chi connectivity index (χ4n) is 1.89. The number of hydrogen-bond acceptors (Lipinski definition) is 4. The van der Waals surface area contributed by atoms with Crippen molar-refractivity contribution in [2.45, 2.75) is 45.1 Å². The predicted molar refractivity (Wildman–Crippen MR) is 72.8 cm³/mol. The number of aliphatic hydroxyl groups excluding tert-OH is 1. The fraction of sp³-hybridized carbons (Fsp3) is 0.467. The smallest absolute Gasteiger partial charge is 0.232 e. The van der Waals surface area contributed by atoms with Crippen LogP contribution in [0.15, 0.2) is 34.9 Å². The Morgan fingerprint density at radius 3 is 2.53 bits per heavy atom. The second-order valence-corrected chi connectivity index (χ2v) is 4.94. The Kier molecular flexibility index (Phi) is 4.32. The number of aromatic nitrogens is 2. The molecule has 0 aliphatic heterocycles. The molecule has 3 unspecified atom stereocenters. The zero-order valence-electron chi connectivity index (χ0n) is 11.6. The van der Waals surface area contributed by atoms with Gasteiger partial charge in [0.15, 0.2) is 5.82 Å². The van der Waals surface area contributed by atoms with Gasteiger partial charge in [-0.2, -0.15) is 4.98 Å². The van der Waals surface area contributed by atoms with Gasteiger partial charge in [-0.3, -0.25) is 0 Å². The summed E-state index contributed by atoms with van der Waals surface area (Å²) < 4.78 is 5.27. The van der Waals surface area contributed by atoms with Gasteiger partial charge in [-0.1, -0.05) is 56.3 Å². The molecular weight excluding hydrogens is 240 g/mol. The molecule has 0 aliphatic rings. The summed E-state index contributed by atoms with van der Waals surface area (Å²) in [6.07, 6.45) is 0.334. The number of rotatable bonds is 5. The first-order chi connectivity index (χ1) is 9.13. The van der Waals surface area contributed by atoms with Gasteiger partial charge in [0.2, 0.25) is 5.89 Å². The highest BCUT2D eigenvalue weighted by atomic mass is 16.5. The van der Waals surface area contributed by atoms with Gasteiger partial charge in [0.25, 0.3) is 0 Å². The Balaban J connectivity index is 2.15. The maximum absolute atomic E-state index is 10.3. The SMILES string of the molecule is CCC(C)c1noc(C(C)C(O)c2ccccc2)n1. The van der Waals surface area contributed by atoms with Crippen LogP contribution in [0, 0.1) is 0 Å². The summed E-state index contributed by atoms with van der Waals surface area (Å²) in [5.74, 6) is 1.27. The molecule has 19 heavy (non-hydrogen) atoms.